The molecular weight excluding hydrogens is 304 g/mol. The average Bonchev–Trinajstić information content (AvgIpc) is 2.99. The number of urea groups is 1. The van der Waals surface area contributed by atoms with Gasteiger partial charge in [-0.25, -0.2) is 10.2 Å². The van der Waals surface area contributed by atoms with Gasteiger partial charge in [0.05, 0.1) is 19.4 Å². The topological polar surface area (TPSA) is 80.0 Å². The number of benzene rings is 1. The molecule has 1 aromatic rings. The van der Waals surface area contributed by atoms with Gasteiger partial charge in [0, 0.05) is 18.8 Å². The van der Waals surface area contributed by atoms with Gasteiger partial charge < -0.3 is 15.4 Å². The molecule has 0 radical (unpaired) electrons. The van der Waals surface area contributed by atoms with E-state index in [-0.39, 0.29) is 0 Å². The van der Waals surface area contributed by atoms with Crippen LogP contribution in [0.25, 0.3) is 6.08 Å². The fraction of sp³-hybridized carbons (Fsp3) is 0.333. The largest absolute Gasteiger partial charge is 0.378 e. The second-order valence-corrected chi connectivity index (χ2v) is 5.79. The zero-order valence-electron chi connectivity index (χ0n) is 13.6. The Kier molecular flexibility index (Phi) is 5.28. The maximum Gasteiger partial charge on any atom is 0.332 e. The number of amides is 2. The Labute approximate surface area is 141 Å². The van der Waals surface area contributed by atoms with Crippen LogP contribution in [0.15, 0.2) is 52.3 Å². The number of primary amides is 1. The molecule has 1 fully saturated rings. The molecule has 126 valence electrons. The van der Waals surface area contributed by atoms with E-state index < -0.39 is 6.03 Å². The van der Waals surface area contributed by atoms with Crippen LogP contribution in [0.3, 0.4) is 0 Å². The molecule has 3 rings (SSSR count). The van der Waals surface area contributed by atoms with Gasteiger partial charge in [0.15, 0.2) is 0 Å². The first-order valence-corrected chi connectivity index (χ1v) is 8.14. The second-order valence-electron chi connectivity index (χ2n) is 5.79. The molecule has 0 saturated carbocycles. The molecule has 0 aromatic heterocycles. The van der Waals surface area contributed by atoms with Crippen molar-refractivity contribution in [2.75, 3.05) is 26.3 Å². The van der Waals surface area contributed by atoms with Crippen LogP contribution in [-0.4, -0.2) is 43.4 Å². The predicted octanol–water partition coefficient (Wildman–Crippen LogP) is 2.10. The van der Waals surface area contributed by atoms with Crippen molar-refractivity contribution in [1.82, 2.24) is 10.3 Å². The van der Waals surface area contributed by atoms with Gasteiger partial charge in [0.25, 0.3) is 0 Å². The number of hydrogen-bond donors (Lipinski definition) is 2. The molecule has 0 spiro atoms. The Bertz CT molecular complexity index is 674. The van der Waals surface area contributed by atoms with Gasteiger partial charge >= 0.3 is 6.03 Å². The average molecular weight is 326 g/mol. The van der Waals surface area contributed by atoms with E-state index in [1.54, 1.807) is 6.21 Å². The van der Waals surface area contributed by atoms with Gasteiger partial charge in [-0.2, -0.15) is 5.10 Å². The van der Waals surface area contributed by atoms with Crippen LogP contribution in [0.1, 0.15) is 18.4 Å². The first kappa shape index (κ1) is 16.3. The van der Waals surface area contributed by atoms with Crippen molar-refractivity contribution in [3.8, 4) is 0 Å². The number of hydrazone groups is 1. The third-order valence-electron chi connectivity index (χ3n) is 4.13. The SMILES string of the molecule is NC(=O)N/N=C\C1=C(N2CCOCC2)C(=Cc2ccccc2)CC1. The Hall–Kier alpha value is -2.60. The number of nitrogens with two attached hydrogens (primary N) is 1. The minimum absolute atomic E-state index is 0.655. The normalized spacial score (nSPS) is 20.2. The van der Waals surface area contributed by atoms with Crippen LogP contribution in [0.4, 0.5) is 4.79 Å². The van der Waals surface area contributed by atoms with E-state index in [2.05, 4.69) is 33.6 Å². The number of nitrogens with one attached hydrogen (secondary N) is 1. The van der Waals surface area contributed by atoms with E-state index in [1.165, 1.54) is 16.8 Å². The Morgan fingerprint density at radius 1 is 1.21 bits per heavy atom. The highest BCUT2D eigenvalue weighted by Crippen LogP contribution is 2.34. The zero-order valence-corrected chi connectivity index (χ0v) is 13.6. The highest BCUT2D eigenvalue weighted by atomic mass is 16.5. The van der Waals surface area contributed by atoms with E-state index in [0.717, 1.165) is 44.7 Å². The van der Waals surface area contributed by atoms with Gasteiger partial charge in [-0.05, 0) is 35.6 Å². The first-order chi connectivity index (χ1) is 11.7. The summed E-state index contributed by atoms with van der Waals surface area (Å²) in [5, 5.41) is 3.95. The maximum absolute atomic E-state index is 10.8. The lowest BCUT2D eigenvalue weighted by Crippen LogP contribution is -2.36. The molecule has 0 atom stereocenters. The van der Waals surface area contributed by atoms with E-state index in [4.69, 9.17) is 10.5 Å². The number of hydrogen-bond acceptors (Lipinski definition) is 4. The third-order valence-corrected chi connectivity index (χ3v) is 4.13. The lowest BCUT2D eigenvalue weighted by Gasteiger charge is -2.31. The number of ether oxygens (including phenoxy) is 1. The lowest BCUT2D eigenvalue weighted by atomic mass is 10.1. The summed E-state index contributed by atoms with van der Waals surface area (Å²) in [6.07, 6.45) is 5.79. The fourth-order valence-corrected chi connectivity index (χ4v) is 3.10. The number of morpholine rings is 1. The number of nitrogens with zero attached hydrogens (tertiary/aromatic N) is 2. The Morgan fingerprint density at radius 2 is 1.96 bits per heavy atom. The smallest absolute Gasteiger partial charge is 0.332 e. The van der Waals surface area contributed by atoms with E-state index >= 15 is 0 Å². The van der Waals surface area contributed by atoms with Crippen LogP contribution in [0.5, 0.6) is 0 Å². The van der Waals surface area contributed by atoms with Gasteiger partial charge in [0.1, 0.15) is 0 Å². The van der Waals surface area contributed by atoms with Crippen molar-refractivity contribution in [3.63, 3.8) is 0 Å². The molecule has 6 nitrogen and oxygen atoms in total. The van der Waals surface area contributed by atoms with Crippen molar-refractivity contribution < 1.29 is 9.53 Å². The van der Waals surface area contributed by atoms with Gasteiger partial charge in [-0.1, -0.05) is 30.3 Å². The summed E-state index contributed by atoms with van der Waals surface area (Å²) in [6.45, 7) is 3.18. The summed E-state index contributed by atoms with van der Waals surface area (Å²) in [7, 11) is 0. The van der Waals surface area contributed by atoms with Crippen molar-refractivity contribution in [3.05, 3.63) is 52.7 Å². The van der Waals surface area contributed by atoms with Gasteiger partial charge in [-0.3, -0.25) is 0 Å². The van der Waals surface area contributed by atoms with E-state index in [9.17, 15) is 4.79 Å². The molecule has 0 bridgehead atoms. The Morgan fingerprint density at radius 3 is 2.67 bits per heavy atom. The van der Waals surface area contributed by atoms with Crippen LogP contribution in [-0.2, 0) is 4.74 Å². The molecule has 1 aliphatic carbocycles. The number of allylic oxidation sites excluding steroid dienone is 2. The van der Waals surface area contributed by atoms with Gasteiger partial charge in [0.2, 0.25) is 0 Å². The molecule has 2 aliphatic rings. The van der Waals surface area contributed by atoms with Crippen molar-refractivity contribution >= 4 is 18.3 Å². The highest BCUT2D eigenvalue weighted by molar-refractivity contribution is 5.85. The summed E-state index contributed by atoms with van der Waals surface area (Å²) in [5.41, 5.74) is 12.1. The van der Waals surface area contributed by atoms with E-state index in [1.807, 2.05) is 18.2 Å². The molecule has 3 N–H and O–H groups in total. The summed E-state index contributed by atoms with van der Waals surface area (Å²) in [5.74, 6) is 0. The molecule has 1 saturated heterocycles. The summed E-state index contributed by atoms with van der Waals surface area (Å²) >= 11 is 0. The highest BCUT2D eigenvalue weighted by Gasteiger charge is 2.25. The van der Waals surface area contributed by atoms with Gasteiger partial charge in [-0.15, -0.1) is 0 Å². The fourth-order valence-electron chi connectivity index (χ4n) is 3.10. The molecule has 2 amide bonds. The summed E-state index contributed by atoms with van der Waals surface area (Å²) in [6, 6.07) is 9.65. The van der Waals surface area contributed by atoms with Crippen molar-refractivity contribution in [2.45, 2.75) is 12.8 Å². The summed E-state index contributed by atoms with van der Waals surface area (Å²) < 4.78 is 5.47. The summed E-state index contributed by atoms with van der Waals surface area (Å²) in [4.78, 5) is 13.1. The standard InChI is InChI=1S/C18H22N4O2/c19-18(23)21-20-13-16-7-6-15(12-14-4-2-1-3-5-14)17(16)22-8-10-24-11-9-22/h1-5,12-13H,6-11H2,(H3,19,21,23)/b15-12?,20-13-. The maximum atomic E-state index is 10.8. The van der Waals surface area contributed by atoms with Crippen LogP contribution in [0, 0.1) is 0 Å². The van der Waals surface area contributed by atoms with Crippen molar-refractivity contribution in [2.24, 2.45) is 10.8 Å². The molecule has 24 heavy (non-hydrogen) atoms. The third kappa shape index (κ3) is 4.02. The predicted molar refractivity (Wildman–Crippen MR) is 94.3 cm³/mol. The quantitative estimate of drug-likeness (QED) is 0.657. The van der Waals surface area contributed by atoms with Crippen LogP contribution < -0.4 is 11.2 Å². The molecule has 1 aliphatic heterocycles. The molecule has 1 heterocycles. The minimum Gasteiger partial charge on any atom is -0.378 e. The minimum atomic E-state index is -0.655. The zero-order chi connectivity index (χ0) is 16.8. The molecule has 6 heteroatoms. The Balaban J connectivity index is 1.90. The molecule has 0 unspecified atom stereocenters. The first-order valence-electron chi connectivity index (χ1n) is 8.14. The van der Waals surface area contributed by atoms with Crippen molar-refractivity contribution in [1.29, 1.82) is 0 Å². The lowest BCUT2D eigenvalue weighted by molar-refractivity contribution is 0.0548. The molecular formula is C18H22N4O2. The van der Waals surface area contributed by atoms with Crippen LogP contribution >= 0.6 is 0 Å². The van der Waals surface area contributed by atoms with Crippen LogP contribution in [0.2, 0.25) is 0 Å². The second kappa shape index (κ2) is 7.79. The van der Waals surface area contributed by atoms with E-state index in [0.29, 0.717) is 0 Å². The monoisotopic (exact) mass is 326 g/mol. The molecule has 1 aromatic carbocycles. The number of carbonyl (C=O) groups is 1. The number of carbonyl (C=O) groups excluding carboxylic acids is 1. The number of rotatable bonds is 4.